The number of hydrogen-bond donors (Lipinski definition) is 1. The van der Waals surface area contributed by atoms with Crippen LogP contribution in [-0.4, -0.2) is 62.3 Å². The molecule has 2 aromatic carbocycles. The van der Waals surface area contributed by atoms with Crippen molar-refractivity contribution < 1.29 is 14.3 Å². The Morgan fingerprint density at radius 2 is 2.00 bits per heavy atom. The van der Waals surface area contributed by atoms with E-state index in [1.807, 2.05) is 42.5 Å². The van der Waals surface area contributed by atoms with Gasteiger partial charge < -0.3 is 14.8 Å². The number of carbonyl (C=O) groups is 1. The van der Waals surface area contributed by atoms with Crippen LogP contribution >= 0.6 is 11.3 Å². The Kier molecular flexibility index (Phi) is 5.85. The van der Waals surface area contributed by atoms with Gasteiger partial charge in [-0.2, -0.15) is 0 Å². The minimum absolute atomic E-state index is 0.0467. The van der Waals surface area contributed by atoms with E-state index in [1.165, 1.54) is 0 Å². The molecule has 1 aliphatic rings. The Balaban J connectivity index is 1.42. The number of fused-ring (bicyclic) bond motifs is 1. The van der Waals surface area contributed by atoms with Crippen LogP contribution in [0.1, 0.15) is 10.4 Å². The number of methoxy groups -OCH3 is 1. The van der Waals surface area contributed by atoms with Crippen molar-refractivity contribution in [2.75, 3.05) is 46.5 Å². The maximum absolute atomic E-state index is 12.5. The normalized spacial score (nSPS) is 14.9. The molecule has 0 saturated carbocycles. The molecule has 2 heterocycles. The first-order valence-corrected chi connectivity index (χ1v) is 10.2. The largest absolute Gasteiger partial charge is 0.497 e. The molecule has 1 aliphatic heterocycles. The van der Waals surface area contributed by atoms with E-state index in [0.29, 0.717) is 12.1 Å². The molecule has 4 rings (SSSR count). The van der Waals surface area contributed by atoms with Crippen molar-refractivity contribution in [3.8, 4) is 16.3 Å². The minimum Gasteiger partial charge on any atom is -0.497 e. The third-order valence-corrected chi connectivity index (χ3v) is 5.87. The molecule has 0 radical (unpaired) electrons. The summed E-state index contributed by atoms with van der Waals surface area (Å²) in [4.78, 5) is 19.5. The lowest BCUT2D eigenvalue weighted by Gasteiger charge is -2.26. The van der Waals surface area contributed by atoms with E-state index in [2.05, 4.69) is 15.2 Å². The predicted molar refractivity (Wildman–Crippen MR) is 111 cm³/mol. The van der Waals surface area contributed by atoms with Gasteiger partial charge in [0.2, 0.25) is 0 Å². The fourth-order valence-electron chi connectivity index (χ4n) is 3.18. The summed E-state index contributed by atoms with van der Waals surface area (Å²) in [6.07, 6.45) is 0. The second-order valence-corrected chi connectivity index (χ2v) is 7.67. The summed E-state index contributed by atoms with van der Waals surface area (Å²) in [7, 11) is 1.65. The summed E-state index contributed by atoms with van der Waals surface area (Å²) in [6, 6.07) is 13.5. The first-order chi connectivity index (χ1) is 13.7. The molecule has 3 aromatic rings. The maximum Gasteiger partial charge on any atom is 0.251 e. The zero-order valence-corrected chi connectivity index (χ0v) is 16.6. The number of morpholine rings is 1. The van der Waals surface area contributed by atoms with Crippen LogP contribution in [-0.2, 0) is 4.74 Å². The predicted octanol–water partition coefficient (Wildman–Crippen LogP) is 3.03. The van der Waals surface area contributed by atoms with Gasteiger partial charge in [-0.3, -0.25) is 9.69 Å². The molecule has 0 aliphatic carbocycles. The van der Waals surface area contributed by atoms with Gasteiger partial charge in [-0.1, -0.05) is 0 Å². The number of ether oxygens (including phenoxy) is 2. The van der Waals surface area contributed by atoms with Crippen LogP contribution in [0.5, 0.6) is 5.75 Å². The second kappa shape index (κ2) is 8.68. The van der Waals surface area contributed by atoms with Crippen LogP contribution in [0.15, 0.2) is 42.5 Å². The third kappa shape index (κ3) is 4.32. The molecule has 0 bridgehead atoms. The highest BCUT2D eigenvalue weighted by Crippen LogP contribution is 2.31. The van der Waals surface area contributed by atoms with Crippen molar-refractivity contribution in [1.82, 2.24) is 15.2 Å². The van der Waals surface area contributed by atoms with Crippen LogP contribution in [0.3, 0.4) is 0 Å². The van der Waals surface area contributed by atoms with E-state index in [1.54, 1.807) is 18.4 Å². The Labute approximate surface area is 168 Å². The molecular weight excluding hydrogens is 374 g/mol. The van der Waals surface area contributed by atoms with E-state index in [0.717, 1.165) is 59.4 Å². The van der Waals surface area contributed by atoms with Gasteiger partial charge in [0.15, 0.2) is 0 Å². The molecule has 0 unspecified atom stereocenters. The lowest BCUT2D eigenvalue weighted by Crippen LogP contribution is -2.41. The summed E-state index contributed by atoms with van der Waals surface area (Å²) in [6.45, 7) is 4.88. The molecule has 6 nitrogen and oxygen atoms in total. The molecule has 1 N–H and O–H groups in total. The Bertz CT molecular complexity index is 949. The van der Waals surface area contributed by atoms with Crippen molar-refractivity contribution in [3.63, 3.8) is 0 Å². The average Bonchev–Trinajstić information content (AvgIpc) is 3.18. The highest BCUT2D eigenvalue weighted by molar-refractivity contribution is 7.21. The number of benzene rings is 2. The molecule has 0 spiro atoms. The molecule has 1 aromatic heterocycles. The molecule has 1 fully saturated rings. The Hall–Kier alpha value is -2.48. The van der Waals surface area contributed by atoms with Crippen LogP contribution in [0.2, 0.25) is 0 Å². The van der Waals surface area contributed by atoms with Gasteiger partial charge in [-0.05, 0) is 42.5 Å². The van der Waals surface area contributed by atoms with Gasteiger partial charge in [0.05, 0.1) is 30.5 Å². The minimum atomic E-state index is -0.0467. The molecule has 1 amide bonds. The van der Waals surface area contributed by atoms with E-state index in [9.17, 15) is 4.79 Å². The van der Waals surface area contributed by atoms with E-state index in [4.69, 9.17) is 9.47 Å². The highest BCUT2D eigenvalue weighted by atomic mass is 32.1. The number of thiazole rings is 1. The monoisotopic (exact) mass is 397 g/mol. The molecule has 28 heavy (non-hydrogen) atoms. The first-order valence-electron chi connectivity index (χ1n) is 9.36. The lowest BCUT2D eigenvalue weighted by atomic mass is 10.2. The fourth-order valence-corrected chi connectivity index (χ4v) is 4.19. The highest BCUT2D eigenvalue weighted by Gasteiger charge is 2.13. The maximum atomic E-state index is 12.5. The molecule has 146 valence electrons. The van der Waals surface area contributed by atoms with Crippen LogP contribution in [0.25, 0.3) is 20.8 Å². The summed E-state index contributed by atoms with van der Waals surface area (Å²) < 4.78 is 11.6. The molecule has 0 atom stereocenters. The lowest BCUT2D eigenvalue weighted by molar-refractivity contribution is 0.0383. The van der Waals surface area contributed by atoms with Crippen LogP contribution in [0.4, 0.5) is 0 Å². The van der Waals surface area contributed by atoms with Crippen LogP contribution in [0, 0.1) is 0 Å². The van der Waals surface area contributed by atoms with Crippen molar-refractivity contribution in [2.45, 2.75) is 0 Å². The Morgan fingerprint density at radius 3 is 2.75 bits per heavy atom. The molecule has 1 saturated heterocycles. The SMILES string of the molecule is COc1ccc(-c2nc3ccc(C(=O)NCCN4CCOCC4)cc3s2)cc1. The zero-order chi connectivity index (χ0) is 19.3. The standard InChI is InChI=1S/C21H23N3O3S/c1-26-17-5-2-15(3-6-17)21-23-18-7-4-16(14-19(18)28-21)20(25)22-8-9-24-10-12-27-13-11-24/h2-7,14H,8-13H2,1H3,(H,22,25). The average molecular weight is 398 g/mol. The van der Waals surface area contributed by atoms with E-state index in [-0.39, 0.29) is 5.91 Å². The zero-order valence-electron chi connectivity index (χ0n) is 15.8. The number of amides is 1. The third-order valence-electron chi connectivity index (χ3n) is 4.80. The first kappa shape index (κ1) is 18.9. The number of carbonyl (C=O) groups excluding carboxylic acids is 1. The molecular formula is C21H23N3O3S. The fraction of sp³-hybridized carbons (Fsp3) is 0.333. The summed E-state index contributed by atoms with van der Waals surface area (Å²) in [5.41, 5.74) is 2.61. The summed E-state index contributed by atoms with van der Waals surface area (Å²) in [5.74, 6) is 0.774. The number of hydrogen-bond acceptors (Lipinski definition) is 6. The van der Waals surface area contributed by atoms with Crippen molar-refractivity contribution in [3.05, 3.63) is 48.0 Å². The smallest absolute Gasteiger partial charge is 0.251 e. The summed E-state index contributed by atoms with van der Waals surface area (Å²) >= 11 is 1.59. The van der Waals surface area contributed by atoms with Crippen molar-refractivity contribution in [2.24, 2.45) is 0 Å². The van der Waals surface area contributed by atoms with Crippen LogP contribution < -0.4 is 10.1 Å². The quantitative estimate of drug-likeness (QED) is 0.693. The van der Waals surface area contributed by atoms with Crippen molar-refractivity contribution >= 4 is 27.5 Å². The second-order valence-electron chi connectivity index (χ2n) is 6.64. The molecule has 7 heteroatoms. The Morgan fingerprint density at radius 1 is 1.21 bits per heavy atom. The topological polar surface area (TPSA) is 63.7 Å². The van der Waals surface area contributed by atoms with Gasteiger partial charge in [-0.15, -0.1) is 11.3 Å². The number of rotatable bonds is 6. The van der Waals surface area contributed by atoms with Gasteiger partial charge in [-0.25, -0.2) is 4.98 Å². The van der Waals surface area contributed by atoms with Gasteiger partial charge in [0, 0.05) is 37.3 Å². The number of aromatic nitrogens is 1. The van der Waals surface area contributed by atoms with E-state index < -0.39 is 0 Å². The number of nitrogens with one attached hydrogen (secondary N) is 1. The van der Waals surface area contributed by atoms with Gasteiger partial charge in [0.25, 0.3) is 5.91 Å². The number of nitrogens with zero attached hydrogens (tertiary/aromatic N) is 2. The van der Waals surface area contributed by atoms with E-state index >= 15 is 0 Å². The van der Waals surface area contributed by atoms with Gasteiger partial charge >= 0.3 is 0 Å². The van der Waals surface area contributed by atoms with Gasteiger partial charge in [0.1, 0.15) is 10.8 Å². The summed E-state index contributed by atoms with van der Waals surface area (Å²) in [5, 5.41) is 3.94. The van der Waals surface area contributed by atoms with Crippen molar-refractivity contribution in [1.29, 1.82) is 0 Å².